The highest BCUT2D eigenvalue weighted by atomic mass is 32.2. The van der Waals surface area contributed by atoms with E-state index in [1.165, 1.54) is 7.11 Å². The molecule has 0 saturated carbocycles. The number of hydrogen-bond donors (Lipinski definition) is 0. The molecule has 2 rings (SSSR count). The smallest absolute Gasteiger partial charge is 0.338 e. The molecule has 4 nitrogen and oxygen atoms in total. The number of carbonyl (C=O) groups excluding carboxylic acids is 1. The van der Waals surface area contributed by atoms with E-state index in [1.54, 1.807) is 18.2 Å². The second-order valence-corrected chi connectivity index (χ2v) is 5.07. The van der Waals surface area contributed by atoms with Crippen molar-refractivity contribution in [2.45, 2.75) is 5.75 Å². The molecule has 0 aliphatic carbocycles. The Labute approximate surface area is 119 Å². The Kier molecular flexibility index (Phi) is 4.65. The molecular formula is C15H13O4S-. The zero-order valence-corrected chi connectivity index (χ0v) is 11.7. The van der Waals surface area contributed by atoms with E-state index in [0.29, 0.717) is 5.56 Å². The van der Waals surface area contributed by atoms with E-state index in [2.05, 4.69) is 0 Å². The van der Waals surface area contributed by atoms with Gasteiger partial charge in [-0.2, -0.15) is 0 Å². The molecule has 1 unspecified atom stereocenters. The standard InChI is InChI=1S/C15H14O4S/c1-19-15(16)14-9-12(11-5-3-2-4-6-11)7-8-13(14)10-20(17)18/h2-9H,10H2,1H3,(H,17,18)/p-1. The number of benzene rings is 2. The van der Waals surface area contributed by atoms with Gasteiger partial charge >= 0.3 is 5.97 Å². The lowest BCUT2D eigenvalue weighted by molar-refractivity contribution is 0.0600. The Hall–Kier alpha value is -1.98. The lowest BCUT2D eigenvalue weighted by Gasteiger charge is -2.12. The third-order valence-electron chi connectivity index (χ3n) is 2.90. The number of carbonyl (C=O) groups is 1. The Morgan fingerprint density at radius 3 is 2.45 bits per heavy atom. The van der Waals surface area contributed by atoms with Gasteiger partial charge in [-0.25, -0.2) is 4.79 Å². The topological polar surface area (TPSA) is 66.4 Å². The third-order valence-corrected chi connectivity index (χ3v) is 3.44. The number of esters is 1. The van der Waals surface area contributed by atoms with Crippen LogP contribution >= 0.6 is 0 Å². The molecule has 0 N–H and O–H groups in total. The molecule has 2 aromatic rings. The van der Waals surface area contributed by atoms with E-state index in [1.807, 2.05) is 30.3 Å². The zero-order valence-electron chi connectivity index (χ0n) is 10.9. The first kappa shape index (κ1) is 14.4. The van der Waals surface area contributed by atoms with Crippen molar-refractivity contribution in [3.05, 3.63) is 59.7 Å². The summed E-state index contributed by atoms with van der Waals surface area (Å²) in [5, 5.41) is 0. The van der Waals surface area contributed by atoms with Crippen molar-refractivity contribution in [1.82, 2.24) is 0 Å². The molecule has 0 saturated heterocycles. The van der Waals surface area contributed by atoms with Crippen LogP contribution in [0.2, 0.25) is 0 Å². The summed E-state index contributed by atoms with van der Waals surface area (Å²) in [6, 6.07) is 14.6. The van der Waals surface area contributed by atoms with E-state index in [9.17, 15) is 13.6 Å². The number of methoxy groups -OCH3 is 1. The molecular weight excluding hydrogens is 276 g/mol. The molecule has 104 valence electrons. The maximum atomic E-state index is 11.8. The molecule has 0 aliphatic heterocycles. The minimum atomic E-state index is -2.25. The average molecular weight is 289 g/mol. The first-order valence-corrected chi connectivity index (χ1v) is 7.18. The molecule has 0 heterocycles. The predicted octanol–water partition coefficient (Wildman–Crippen LogP) is 2.52. The lowest BCUT2D eigenvalue weighted by Crippen LogP contribution is -2.08. The van der Waals surface area contributed by atoms with Crippen molar-refractivity contribution in [3.63, 3.8) is 0 Å². The highest BCUT2D eigenvalue weighted by molar-refractivity contribution is 7.78. The van der Waals surface area contributed by atoms with Crippen LogP contribution in [0.25, 0.3) is 11.1 Å². The van der Waals surface area contributed by atoms with E-state index >= 15 is 0 Å². The summed E-state index contributed by atoms with van der Waals surface area (Å²) < 4.78 is 26.4. The second-order valence-electron chi connectivity index (χ2n) is 4.18. The van der Waals surface area contributed by atoms with Gasteiger partial charge in [0.15, 0.2) is 0 Å². The van der Waals surface area contributed by atoms with Gasteiger partial charge in [0.2, 0.25) is 0 Å². The molecule has 2 aromatic carbocycles. The van der Waals surface area contributed by atoms with Gasteiger partial charge in [0, 0.05) is 5.75 Å². The minimum Gasteiger partial charge on any atom is -0.772 e. The molecule has 0 aliphatic rings. The monoisotopic (exact) mass is 289 g/mol. The highest BCUT2D eigenvalue weighted by Gasteiger charge is 2.13. The van der Waals surface area contributed by atoms with Gasteiger partial charge in [0.05, 0.1) is 12.7 Å². The molecule has 0 aromatic heterocycles. The summed E-state index contributed by atoms with van der Waals surface area (Å²) in [6.07, 6.45) is 0. The number of hydrogen-bond acceptors (Lipinski definition) is 4. The Morgan fingerprint density at radius 2 is 1.85 bits per heavy atom. The fraction of sp³-hybridized carbons (Fsp3) is 0.133. The molecule has 0 fully saturated rings. The Bertz CT molecular complexity index is 638. The molecule has 0 spiro atoms. The van der Waals surface area contributed by atoms with Crippen molar-refractivity contribution in [3.8, 4) is 11.1 Å². The van der Waals surface area contributed by atoms with Crippen LogP contribution in [-0.2, 0) is 21.6 Å². The van der Waals surface area contributed by atoms with Crippen molar-refractivity contribution in [2.75, 3.05) is 7.11 Å². The zero-order chi connectivity index (χ0) is 14.5. The minimum absolute atomic E-state index is 0.209. The summed E-state index contributed by atoms with van der Waals surface area (Å²) in [6.45, 7) is 0. The van der Waals surface area contributed by atoms with Crippen LogP contribution in [0.5, 0.6) is 0 Å². The third kappa shape index (κ3) is 3.31. The van der Waals surface area contributed by atoms with Crippen LogP contribution in [0, 0.1) is 0 Å². The van der Waals surface area contributed by atoms with Crippen LogP contribution in [0.4, 0.5) is 0 Å². The van der Waals surface area contributed by atoms with Gasteiger partial charge in [0.1, 0.15) is 0 Å². The van der Waals surface area contributed by atoms with Crippen molar-refractivity contribution in [2.24, 2.45) is 0 Å². The van der Waals surface area contributed by atoms with E-state index in [4.69, 9.17) is 4.74 Å². The van der Waals surface area contributed by atoms with Crippen molar-refractivity contribution >= 4 is 17.0 Å². The fourth-order valence-corrected chi connectivity index (χ4v) is 2.45. The highest BCUT2D eigenvalue weighted by Crippen LogP contribution is 2.23. The van der Waals surface area contributed by atoms with Crippen LogP contribution < -0.4 is 0 Å². The van der Waals surface area contributed by atoms with Gasteiger partial charge in [-0.1, -0.05) is 53.5 Å². The van der Waals surface area contributed by atoms with Crippen molar-refractivity contribution in [1.29, 1.82) is 0 Å². The summed E-state index contributed by atoms with van der Waals surface area (Å²) in [5.41, 5.74) is 2.50. The van der Waals surface area contributed by atoms with Gasteiger partial charge in [-0.05, 0) is 22.8 Å². The maximum absolute atomic E-state index is 11.8. The van der Waals surface area contributed by atoms with Crippen LogP contribution in [0.3, 0.4) is 0 Å². The first-order chi connectivity index (χ1) is 9.61. The van der Waals surface area contributed by atoms with Gasteiger partial charge in [-0.15, -0.1) is 0 Å². The lowest BCUT2D eigenvalue weighted by atomic mass is 10.00. The van der Waals surface area contributed by atoms with Gasteiger partial charge < -0.3 is 9.29 Å². The Balaban J connectivity index is 2.48. The molecule has 0 amide bonds. The summed E-state index contributed by atoms with van der Waals surface area (Å²) in [7, 11) is 1.27. The van der Waals surface area contributed by atoms with E-state index in [0.717, 1.165) is 11.1 Å². The van der Waals surface area contributed by atoms with E-state index < -0.39 is 17.0 Å². The van der Waals surface area contributed by atoms with Crippen LogP contribution in [0.15, 0.2) is 48.5 Å². The predicted molar refractivity (Wildman–Crippen MR) is 75.8 cm³/mol. The molecule has 0 bridgehead atoms. The molecule has 0 radical (unpaired) electrons. The summed E-state index contributed by atoms with van der Waals surface area (Å²) in [4.78, 5) is 11.8. The van der Waals surface area contributed by atoms with Crippen LogP contribution in [0.1, 0.15) is 15.9 Å². The Morgan fingerprint density at radius 1 is 1.15 bits per heavy atom. The molecule has 1 atom stereocenters. The largest absolute Gasteiger partial charge is 0.772 e. The van der Waals surface area contributed by atoms with E-state index in [-0.39, 0.29) is 11.3 Å². The average Bonchev–Trinajstić information content (AvgIpc) is 2.47. The summed E-state index contributed by atoms with van der Waals surface area (Å²) in [5.74, 6) is -0.748. The van der Waals surface area contributed by atoms with Gasteiger partial charge in [-0.3, -0.25) is 4.21 Å². The second kappa shape index (κ2) is 6.45. The summed E-state index contributed by atoms with van der Waals surface area (Å²) >= 11 is -2.25. The fourth-order valence-electron chi connectivity index (χ4n) is 1.94. The molecule has 20 heavy (non-hydrogen) atoms. The number of rotatable bonds is 4. The van der Waals surface area contributed by atoms with Crippen LogP contribution in [-0.4, -0.2) is 21.8 Å². The van der Waals surface area contributed by atoms with Gasteiger partial charge in [0.25, 0.3) is 0 Å². The van der Waals surface area contributed by atoms with Crippen molar-refractivity contribution < 1.29 is 18.3 Å². The molecule has 5 heteroatoms. The first-order valence-electron chi connectivity index (χ1n) is 5.94. The SMILES string of the molecule is COC(=O)c1cc(-c2ccccc2)ccc1CS(=O)[O-]. The number of ether oxygens (including phenoxy) is 1. The normalized spacial score (nSPS) is 11.9. The quantitative estimate of drug-likeness (QED) is 0.640. The maximum Gasteiger partial charge on any atom is 0.338 e.